The van der Waals surface area contributed by atoms with Crippen LogP contribution in [0, 0.1) is 0 Å². The minimum absolute atomic E-state index is 0.124. The topological polar surface area (TPSA) is 128 Å². The number of nitrogens with zero attached hydrogens (tertiary/aromatic N) is 6. The summed E-state index contributed by atoms with van der Waals surface area (Å²) in [5.74, 6) is 0.234. The molecule has 0 N–H and O–H groups in total. The average Bonchev–Trinajstić information content (AvgIpc) is 3.19. The summed E-state index contributed by atoms with van der Waals surface area (Å²) in [7, 11) is -1.87. The van der Waals surface area contributed by atoms with Crippen molar-refractivity contribution in [1.82, 2.24) is 24.1 Å². The molecule has 2 aliphatic heterocycles. The Balaban J connectivity index is 1.42. The van der Waals surface area contributed by atoms with E-state index in [2.05, 4.69) is 14.6 Å². The highest BCUT2D eigenvalue weighted by Gasteiger charge is 2.25. The van der Waals surface area contributed by atoms with Gasteiger partial charge in [0.2, 0.25) is 5.78 Å². The first-order valence-corrected chi connectivity index (χ1v) is 10.9. The Morgan fingerprint density at radius 3 is 2.84 bits per heavy atom. The number of rotatable bonds is 3. The van der Waals surface area contributed by atoms with Crippen LogP contribution in [0.2, 0.25) is 0 Å². The van der Waals surface area contributed by atoms with Gasteiger partial charge in [0.05, 0.1) is 22.2 Å². The standard InChI is InChI=1S/C19H16N6O5S/c1-23-17(26)13-4-2-3-5-14(13)25-16(20-21-19(23)25)11-30-18(27)12-6-7-15-22-31(28,29)9-8-24(15)10-12/h2-7,10H,8-9,11H2,1H3. The molecule has 0 saturated carbocycles. The van der Waals surface area contributed by atoms with E-state index in [1.54, 1.807) is 40.6 Å². The number of esters is 1. The van der Waals surface area contributed by atoms with Crippen LogP contribution in [0.1, 0.15) is 5.82 Å². The number of hydrogen-bond acceptors (Lipinski definition) is 8. The van der Waals surface area contributed by atoms with Gasteiger partial charge in [0.25, 0.3) is 15.6 Å². The second-order valence-electron chi connectivity index (χ2n) is 7.06. The molecule has 5 rings (SSSR count). The van der Waals surface area contributed by atoms with Crippen LogP contribution < -0.4 is 5.56 Å². The van der Waals surface area contributed by atoms with Gasteiger partial charge < -0.3 is 9.64 Å². The van der Waals surface area contributed by atoms with E-state index in [9.17, 15) is 18.0 Å². The van der Waals surface area contributed by atoms with Gasteiger partial charge in [-0.05, 0) is 24.3 Å². The number of aromatic nitrogens is 4. The van der Waals surface area contributed by atoms with E-state index in [1.807, 2.05) is 0 Å². The fraction of sp³-hybridized carbons (Fsp3) is 0.211. The molecule has 4 heterocycles. The number of carbonyl (C=O) groups excluding carboxylic acids is 1. The minimum atomic E-state index is -3.47. The Morgan fingerprint density at radius 2 is 2.00 bits per heavy atom. The maximum atomic E-state index is 12.6. The van der Waals surface area contributed by atoms with Crippen LogP contribution in [-0.4, -0.2) is 56.6 Å². The number of sulfonamides is 1. The molecular weight excluding hydrogens is 424 g/mol. The summed E-state index contributed by atoms with van der Waals surface area (Å²) in [6.45, 7) is 0.0415. The lowest BCUT2D eigenvalue weighted by molar-refractivity contribution is -0.140. The molecule has 0 bridgehead atoms. The molecule has 12 heteroatoms. The summed E-state index contributed by atoms with van der Waals surface area (Å²) < 4.78 is 35.4. The summed E-state index contributed by atoms with van der Waals surface area (Å²) >= 11 is 0. The van der Waals surface area contributed by atoms with E-state index in [0.29, 0.717) is 22.5 Å². The molecule has 158 valence electrons. The van der Waals surface area contributed by atoms with Gasteiger partial charge in [0.15, 0.2) is 12.4 Å². The lowest BCUT2D eigenvalue weighted by Gasteiger charge is -2.26. The molecular formula is C19H16N6O5S. The number of hydrogen-bond donors (Lipinski definition) is 0. The van der Waals surface area contributed by atoms with E-state index < -0.39 is 16.0 Å². The van der Waals surface area contributed by atoms with Gasteiger partial charge in [-0.3, -0.25) is 13.8 Å². The summed E-state index contributed by atoms with van der Waals surface area (Å²) in [6.07, 6.45) is 4.43. The van der Waals surface area contributed by atoms with Crippen LogP contribution in [0.25, 0.3) is 16.7 Å². The number of benzene rings is 1. The molecule has 0 amide bonds. The number of ether oxygens (including phenoxy) is 1. The fourth-order valence-electron chi connectivity index (χ4n) is 3.52. The first-order valence-electron chi connectivity index (χ1n) is 9.32. The molecule has 0 unspecified atom stereocenters. The number of carbonyl (C=O) groups is 1. The number of aryl methyl sites for hydroxylation is 1. The maximum absolute atomic E-state index is 12.6. The third kappa shape index (κ3) is 3.20. The van der Waals surface area contributed by atoms with Crippen molar-refractivity contribution in [2.45, 2.75) is 6.61 Å². The van der Waals surface area contributed by atoms with Gasteiger partial charge >= 0.3 is 5.97 Å². The van der Waals surface area contributed by atoms with Crippen molar-refractivity contribution in [2.75, 3.05) is 12.3 Å². The first kappa shape index (κ1) is 19.2. The third-order valence-electron chi connectivity index (χ3n) is 5.08. The summed E-state index contributed by atoms with van der Waals surface area (Å²) in [5.41, 5.74) is 0.672. The third-order valence-corrected chi connectivity index (χ3v) is 6.25. The lowest BCUT2D eigenvalue weighted by atomic mass is 10.2. The highest BCUT2D eigenvalue weighted by molar-refractivity contribution is 7.90. The maximum Gasteiger partial charge on any atom is 0.340 e. The Morgan fingerprint density at radius 1 is 1.19 bits per heavy atom. The van der Waals surface area contributed by atoms with Crippen molar-refractivity contribution < 1.29 is 17.9 Å². The van der Waals surface area contributed by atoms with E-state index in [1.165, 1.54) is 22.9 Å². The number of fused-ring (bicyclic) bond motifs is 4. The predicted molar refractivity (Wildman–Crippen MR) is 111 cm³/mol. The molecule has 0 radical (unpaired) electrons. The Hall–Kier alpha value is -3.80. The molecule has 0 fully saturated rings. The molecule has 0 saturated heterocycles. The van der Waals surface area contributed by atoms with Gasteiger partial charge in [0.1, 0.15) is 5.84 Å². The zero-order chi connectivity index (χ0) is 21.8. The summed E-state index contributed by atoms with van der Waals surface area (Å²) in [5, 5.41) is 8.65. The quantitative estimate of drug-likeness (QED) is 0.526. The first-order chi connectivity index (χ1) is 14.8. The van der Waals surface area contributed by atoms with E-state index >= 15 is 0 Å². The Bertz CT molecular complexity index is 1510. The van der Waals surface area contributed by atoms with Crippen LogP contribution in [0.3, 0.4) is 0 Å². The van der Waals surface area contributed by atoms with Crippen molar-refractivity contribution in [3.05, 3.63) is 64.4 Å². The average molecular weight is 440 g/mol. The van der Waals surface area contributed by atoms with Crippen LogP contribution >= 0.6 is 0 Å². The van der Waals surface area contributed by atoms with E-state index in [4.69, 9.17) is 4.74 Å². The van der Waals surface area contributed by atoms with Crippen LogP contribution in [0.5, 0.6) is 0 Å². The lowest BCUT2D eigenvalue weighted by Crippen LogP contribution is -2.37. The van der Waals surface area contributed by atoms with E-state index in [0.717, 1.165) is 0 Å². The fourth-order valence-corrected chi connectivity index (χ4v) is 4.49. The molecule has 3 aromatic rings. The number of amidine groups is 1. The van der Waals surface area contributed by atoms with Crippen molar-refractivity contribution in [3.8, 4) is 0 Å². The molecule has 11 nitrogen and oxygen atoms in total. The minimum Gasteiger partial charge on any atom is -0.454 e. The van der Waals surface area contributed by atoms with Crippen molar-refractivity contribution in [2.24, 2.45) is 11.4 Å². The number of para-hydroxylation sites is 1. The van der Waals surface area contributed by atoms with Gasteiger partial charge in [-0.15, -0.1) is 14.6 Å². The summed E-state index contributed by atoms with van der Waals surface area (Å²) in [4.78, 5) is 26.7. The van der Waals surface area contributed by atoms with Gasteiger partial charge in [0, 0.05) is 19.8 Å². The predicted octanol–water partition coefficient (Wildman–Crippen LogP) is 0.122. The van der Waals surface area contributed by atoms with Gasteiger partial charge in [-0.2, -0.15) is 0 Å². The van der Waals surface area contributed by atoms with Gasteiger partial charge in [-0.1, -0.05) is 12.1 Å². The Labute approximate surface area is 175 Å². The molecule has 0 atom stereocenters. The smallest absolute Gasteiger partial charge is 0.340 e. The highest BCUT2D eigenvalue weighted by atomic mass is 32.2. The SMILES string of the molecule is Cn1c(=O)c2ccccc2n2c(COC(=O)C3=CN4CCS(=O)(=O)N=C4C=C3)nnc12. The normalized spacial score (nSPS) is 17.4. The Kier molecular flexibility index (Phi) is 4.25. The van der Waals surface area contributed by atoms with Crippen molar-refractivity contribution >= 4 is 38.5 Å². The molecule has 2 aliphatic rings. The second-order valence-corrected chi connectivity index (χ2v) is 8.81. The zero-order valence-corrected chi connectivity index (χ0v) is 17.1. The molecule has 1 aromatic carbocycles. The monoisotopic (exact) mass is 440 g/mol. The summed E-state index contributed by atoms with van der Waals surface area (Å²) in [6, 6.07) is 7.05. The molecule has 31 heavy (non-hydrogen) atoms. The second kappa shape index (κ2) is 6.87. The molecule has 0 aliphatic carbocycles. The largest absolute Gasteiger partial charge is 0.454 e. The van der Waals surface area contributed by atoms with Crippen molar-refractivity contribution in [1.29, 1.82) is 0 Å². The van der Waals surface area contributed by atoms with Crippen molar-refractivity contribution in [3.63, 3.8) is 0 Å². The molecule has 0 spiro atoms. The van der Waals surface area contributed by atoms with Gasteiger partial charge in [-0.25, -0.2) is 13.2 Å². The zero-order valence-electron chi connectivity index (χ0n) is 16.3. The molecule has 2 aromatic heterocycles. The van der Waals surface area contributed by atoms with Crippen LogP contribution in [0.4, 0.5) is 0 Å². The van der Waals surface area contributed by atoms with E-state index in [-0.39, 0.29) is 35.9 Å². The van der Waals surface area contributed by atoms with Crippen LogP contribution in [-0.2, 0) is 33.2 Å². The van der Waals surface area contributed by atoms with Crippen LogP contribution in [0.15, 0.2) is 57.4 Å². The highest BCUT2D eigenvalue weighted by Crippen LogP contribution is 2.18.